The Morgan fingerprint density at radius 3 is 2.60 bits per heavy atom. The van der Waals surface area contributed by atoms with Crippen molar-refractivity contribution in [2.45, 2.75) is 13.3 Å². The Kier molecular flexibility index (Phi) is 7.04. The van der Waals surface area contributed by atoms with Crippen molar-refractivity contribution >= 4 is 29.1 Å². The fraction of sp³-hybridized carbons (Fsp3) is 0.429. The maximum Gasteiger partial charge on any atom is 0.226 e. The third-order valence-electron chi connectivity index (χ3n) is 2.77. The van der Waals surface area contributed by atoms with Crippen LogP contribution in [0.25, 0.3) is 0 Å². The van der Waals surface area contributed by atoms with Crippen LogP contribution in [0.2, 0.25) is 5.02 Å². The van der Waals surface area contributed by atoms with Gasteiger partial charge in [-0.3, -0.25) is 9.59 Å². The zero-order valence-electron chi connectivity index (χ0n) is 11.7. The Hall–Kier alpha value is -1.59. The molecule has 0 aliphatic rings. The van der Waals surface area contributed by atoms with Crippen LogP contribution in [0.3, 0.4) is 0 Å². The second-order valence-electron chi connectivity index (χ2n) is 4.28. The number of carbonyl (C=O) groups excluding carboxylic acids is 2. The van der Waals surface area contributed by atoms with Crippen LogP contribution in [-0.4, -0.2) is 43.5 Å². The first-order valence-corrected chi connectivity index (χ1v) is 6.71. The molecule has 0 heterocycles. The highest BCUT2D eigenvalue weighted by Gasteiger charge is 2.11. The van der Waals surface area contributed by atoms with Crippen LogP contribution < -0.4 is 5.32 Å². The molecule has 6 heteroatoms. The number of hydrogen-bond acceptors (Lipinski definition) is 3. The predicted molar refractivity (Wildman–Crippen MR) is 78.8 cm³/mol. The summed E-state index contributed by atoms with van der Waals surface area (Å²) in [5, 5.41) is 3.21. The van der Waals surface area contributed by atoms with Crippen LogP contribution in [0, 0.1) is 0 Å². The summed E-state index contributed by atoms with van der Waals surface area (Å²) in [6, 6.07) is 7.02. The van der Waals surface area contributed by atoms with Crippen molar-refractivity contribution < 1.29 is 14.3 Å². The third-order valence-corrected chi connectivity index (χ3v) is 3.10. The molecule has 5 nitrogen and oxygen atoms in total. The minimum atomic E-state index is -0.179. The number of nitrogens with zero attached hydrogens (tertiary/aromatic N) is 1. The molecule has 0 saturated carbocycles. The van der Waals surface area contributed by atoms with E-state index in [0.29, 0.717) is 30.4 Å². The number of ether oxygens (including phenoxy) is 1. The Bertz CT molecular complexity index is 465. The zero-order chi connectivity index (χ0) is 15.0. The zero-order valence-corrected chi connectivity index (χ0v) is 12.4. The highest BCUT2D eigenvalue weighted by atomic mass is 35.5. The lowest BCUT2D eigenvalue weighted by Crippen LogP contribution is -2.34. The van der Waals surface area contributed by atoms with E-state index in [-0.39, 0.29) is 18.2 Å². The number of anilines is 1. The van der Waals surface area contributed by atoms with E-state index in [2.05, 4.69) is 5.32 Å². The minimum absolute atomic E-state index is 0.0763. The molecule has 0 unspecified atom stereocenters. The molecular formula is C14H19ClN2O3. The van der Waals surface area contributed by atoms with Crippen molar-refractivity contribution in [1.82, 2.24) is 4.90 Å². The molecule has 20 heavy (non-hydrogen) atoms. The van der Waals surface area contributed by atoms with Gasteiger partial charge in [0.25, 0.3) is 0 Å². The first-order valence-electron chi connectivity index (χ1n) is 6.33. The summed E-state index contributed by atoms with van der Waals surface area (Å²) >= 11 is 5.95. The molecule has 1 rings (SSSR count). The van der Waals surface area contributed by atoms with Crippen LogP contribution in [0.5, 0.6) is 0 Å². The van der Waals surface area contributed by atoms with Crippen LogP contribution in [0.4, 0.5) is 5.69 Å². The maximum atomic E-state index is 11.8. The van der Waals surface area contributed by atoms with Crippen LogP contribution >= 0.6 is 11.6 Å². The van der Waals surface area contributed by atoms with E-state index in [1.165, 1.54) is 6.92 Å². The van der Waals surface area contributed by atoms with Gasteiger partial charge in [0.2, 0.25) is 11.8 Å². The van der Waals surface area contributed by atoms with Gasteiger partial charge in [0.05, 0.1) is 17.3 Å². The summed E-state index contributed by atoms with van der Waals surface area (Å²) in [4.78, 5) is 24.8. The topological polar surface area (TPSA) is 58.6 Å². The summed E-state index contributed by atoms with van der Waals surface area (Å²) in [7, 11) is 1.57. The molecule has 0 aliphatic heterocycles. The van der Waals surface area contributed by atoms with Gasteiger partial charge in [0, 0.05) is 33.5 Å². The number of benzene rings is 1. The van der Waals surface area contributed by atoms with Crippen LogP contribution in [0.15, 0.2) is 24.3 Å². The van der Waals surface area contributed by atoms with Gasteiger partial charge in [-0.25, -0.2) is 0 Å². The van der Waals surface area contributed by atoms with Crippen molar-refractivity contribution in [2.75, 3.05) is 32.1 Å². The monoisotopic (exact) mass is 298 g/mol. The Labute approximate surface area is 123 Å². The van der Waals surface area contributed by atoms with Gasteiger partial charge in [0.15, 0.2) is 0 Å². The number of methoxy groups -OCH3 is 1. The van der Waals surface area contributed by atoms with Gasteiger partial charge in [-0.2, -0.15) is 0 Å². The Balaban J connectivity index is 2.45. The molecule has 0 radical (unpaired) electrons. The van der Waals surface area contributed by atoms with Crippen molar-refractivity contribution in [3.63, 3.8) is 0 Å². The Morgan fingerprint density at radius 2 is 2.00 bits per heavy atom. The summed E-state index contributed by atoms with van der Waals surface area (Å²) in [6.45, 7) is 2.76. The fourth-order valence-electron chi connectivity index (χ4n) is 1.64. The van der Waals surface area contributed by atoms with Crippen molar-refractivity contribution in [3.8, 4) is 0 Å². The summed E-state index contributed by atoms with van der Waals surface area (Å²) < 4.78 is 4.93. The number of para-hydroxylation sites is 1. The highest BCUT2D eigenvalue weighted by molar-refractivity contribution is 6.33. The van der Waals surface area contributed by atoms with Gasteiger partial charge in [-0.05, 0) is 12.1 Å². The Morgan fingerprint density at radius 1 is 1.30 bits per heavy atom. The highest BCUT2D eigenvalue weighted by Crippen LogP contribution is 2.20. The average molecular weight is 299 g/mol. The standard InChI is InChI=1S/C14H19ClN2O3/c1-11(18)17(9-10-20-2)8-7-14(19)16-13-6-4-3-5-12(13)15/h3-6H,7-10H2,1-2H3,(H,16,19). The second kappa shape index (κ2) is 8.55. The first-order chi connectivity index (χ1) is 9.54. The summed E-state index contributed by atoms with van der Waals surface area (Å²) in [5.74, 6) is -0.255. The number of nitrogens with one attached hydrogen (secondary N) is 1. The number of amides is 2. The van der Waals surface area contributed by atoms with E-state index in [1.54, 1.807) is 36.3 Å². The van der Waals surface area contributed by atoms with Gasteiger partial charge < -0.3 is 15.0 Å². The molecular weight excluding hydrogens is 280 g/mol. The third kappa shape index (κ3) is 5.59. The predicted octanol–water partition coefficient (Wildman–Crippen LogP) is 2.16. The minimum Gasteiger partial charge on any atom is -0.383 e. The van der Waals surface area contributed by atoms with Crippen molar-refractivity contribution in [3.05, 3.63) is 29.3 Å². The largest absolute Gasteiger partial charge is 0.383 e. The van der Waals surface area contributed by atoms with Gasteiger partial charge >= 0.3 is 0 Å². The maximum absolute atomic E-state index is 11.8. The lowest BCUT2D eigenvalue weighted by Gasteiger charge is -2.20. The van der Waals surface area contributed by atoms with E-state index in [1.807, 2.05) is 0 Å². The van der Waals surface area contributed by atoms with E-state index < -0.39 is 0 Å². The number of halogens is 1. The summed E-state index contributed by atoms with van der Waals surface area (Å²) in [5.41, 5.74) is 0.574. The molecule has 0 aromatic heterocycles. The van der Waals surface area contributed by atoms with E-state index in [4.69, 9.17) is 16.3 Å². The molecule has 0 bridgehead atoms. The molecule has 1 aromatic rings. The normalized spacial score (nSPS) is 10.2. The van der Waals surface area contributed by atoms with E-state index >= 15 is 0 Å². The molecule has 1 N–H and O–H groups in total. The number of carbonyl (C=O) groups is 2. The molecule has 0 fully saturated rings. The van der Waals surface area contributed by atoms with Crippen LogP contribution in [-0.2, 0) is 14.3 Å². The average Bonchev–Trinajstić information content (AvgIpc) is 2.41. The SMILES string of the molecule is COCCN(CCC(=O)Nc1ccccc1Cl)C(C)=O. The first kappa shape index (κ1) is 16.5. The van der Waals surface area contributed by atoms with E-state index in [0.717, 1.165) is 0 Å². The smallest absolute Gasteiger partial charge is 0.226 e. The summed E-state index contributed by atoms with van der Waals surface area (Å²) in [6.07, 6.45) is 0.217. The fourth-order valence-corrected chi connectivity index (χ4v) is 1.82. The lowest BCUT2D eigenvalue weighted by atomic mass is 10.3. The molecule has 1 aromatic carbocycles. The van der Waals surface area contributed by atoms with Gasteiger partial charge in [-0.1, -0.05) is 23.7 Å². The quantitative estimate of drug-likeness (QED) is 0.839. The molecule has 110 valence electrons. The molecule has 2 amide bonds. The number of rotatable bonds is 7. The molecule has 0 spiro atoms. The second-order valence-corrected chi connectivity index (χ2v) is 4.68. The van der Waals surface area contributed by atoms with Crippen molar-refractivity contribution in [1.29, 1.82) is 0 Å². The van der Waals surface area contributed by atoms with Crippen LogP contribution in [0.1, 0.15) is 13.3 Å². The van der Waals surface area contributed by atoms with Crippen molar-refractivity contribution in [2.24, 2.45) is 0 Å². The van der Waals surface area contributed by atoms with E-state index in [9.17, 15) is 9.59 Å². The molecule has 0 saturated heterocycles. The molecule has 0 aliphatic carbocycles. The van der Waals surface area contributed by atoms with Gasteiger partial charge in [-0.15, -0.1) is 0 Å². The van der Waals surface area contributed by atoms with Gasteiger partial charge in [0.1, 0.15) is 0 Å². The number of hydrogen-bond donors (Lipinski definition) is 1. The lowest BCUT2D eigenvalue weighted by molar-refractivity contribution is -0.130. The molecule has 0 atom stereocenters.